The van der Waals surface area contributed by atoms with Gasteiger partial charge in [-0.15, -0.1) is 0 Å². The fourth-order valence-electron chi connectivity index (χ4n) is 2.71. The van der Waals surface area contributed by atoms with Crippen molar-refractivity contribution in [2.45, 2.75) is 43.5 Å². The number of piperidine rings is 1. The van der Waals surface area contributed by atoms with Crippen molar-refractivity contribution in [2.24, 2.45) is 5.73 Å². The third-order valence-corrected chi connectivity index (χ3v) is 5.83. The van der Waals surface area contributed by atoms with Gasteiger partial charge >= 0.3 is 0 Å². The lowest BCUT2D eigenvalue weighted by atomic mass is 10.0. The normalized spacial score (nSPS) is 20.3. The first kappa shape index (κ1) is 15.8. The molecule has 4 N–H and O–H groups in total. The number of carbonyl (C=O) groups excluding carboxylic acids is 1. The Hall–Kier alpha value is -1.60. The number of benzene rings is 1. The minimum Gasteiger partial charge on any atom is -0.399 e. The molecule has 1 saturated heterocycles. The molecule has 1 heterocycles. The van der Waals surface area contributed by atoms with E-state index in [2.05, 4.69) is 0 Å². The molecule has 1 aliphatic rings. The van der Waals surface area contributed by atoms with Crippen molar-refractivity contribution in [3.8, 4) is 0 Å². The van der Waals surface area contributed by atoms with Gasteiger partial charge in [0.25, 0.3) is 0 Å². The van der Waals surface area contributed by atoms with Crippen molar-refractivity contribution in [1.29, 1.82) is 0 Å². The highest BCUT2D eigenvalue weighted by Crippen LogP contribution is 2.28. The van der Waals surface area contributed by atoms with E-state index in [1.165, 1.54) is 10.4 Å². The second-order valence-electron chi connectivity index (χ2n) is 5.25. The van der Waals surface area contributed by atoms with E-state index in [9.17, 15) is 13.2 Å². The molecule has 1 amide bonds. The summed E-state index contributed by atoms with van der Waals surface area (Å²) >= 11 is 0. The van der Waals surface area contributed by atoms with Crippen LogP contribution in [-0.4, -0.2) is 31.2 Å². The molecule has 0 aromatic heterocycles. The van der Waals surface area contributed by atoms with Gasteiger partial charge in [-0.3, -0.25) is 4.79 Å². The summed E-state index contributed by atoms with van der Waals surface area (Å²) in [7, 11) is -3.77. The van der Waals surface area contributed by atoms with Crippen molar-refractivity contribution in [3.05, 3.63) is 23.8 Å². The Bertz CT molecular complexity index is 643. The summed E-state index contributed by atoms with van der Waals surface area (Å²) in [6, 6.07) is 4.08. The number of sulfonamides is 1. The molecule has 2 rings (SSSR count). The second kappa shape index (κ2) is 6.03. The summed E-state index contributed by atoms with van der Waals surface area (Å²) in [6.45, 7) is 2.19. The van der Waals surface area contributed by atoms with Crippen LogP contribution in [0.2, 0.25) is 0 Å². The summed E-state index contributed by atoms with van der Waals surface area (Å²) in [5, 5.41) is 0. The van der Waals surface area contributed by atoms with E-state index in [-0.39, 0.29) is 4.90 Å². The van der Waals surface area contributed by atoms with Crippen LogP contribution in [0.1, 0.15) is 31.7 Å². The van der Waals surface area contributed by atoms with Crippen molar-refractivity contribution in [3.63, 3.8) is 0 Å². The smallest absolute Gasteiger partial charge is 0.244 e. The molecule has 0 saturated carbocycles. The van der Waals surface area contributed by atoms with E-state index < -0.39 is 22.0 Å². The molecule has 0 radical (unpaired) electrons. The predicted molar refractivity (Wildman–Crippen MR) is 81.0 cm³/mol. The Morgan fingerprint density at radius 1 is 1.38 bits per heavy atom. The fraction of sp³-hybridized carbons (Fsp3) is 0.500. The van der Waals surface area contributed by atoms with E-state index in [0.29, 0.717) is 30.6 Å². The minimum atomic E-state index is -3.77. The van der Waals surface area contributed by atoms with Crippen molar-refractivity contribution >= 4 is 21.6 Å². The third kappa shape index (κ3) is 3.03. The molecule has 1 unspecified atom stereocenters. The van der Waals surface area contributed by atoms with E-state index in [1.54, 1.807) is 12.1 Å². The summed E-state index contributed by atoms with van der Waals surface area (Å²) in [4.78, 5) is 11.7. The maximum absolute atomic E-state index is 12.9. The number of nitrogens with zero attached hydrogens (tertiary/aromatic N) is 1. The largest absolute Gasteiger partial charge is 0.399 e. The highest BCUT2D eigenvalue weighted by atomic mass is 32.2. The molecule has 0 spiro atoms. The average Bonchev–Trinajstić information content (AvgIpc) is 2.47. The number of hydrogen-bond donors (Lipinski definition) is 2. The number of aryl methyl sites for hydroxylation is 1. The molecular weight excluding hydrogens is 290 g/mol. The number of anilines is 1. The number of primary amides is 1. The number of hydrogen-bond acceptors (Lipinski definition) is 4. The number of carbonyl (C=O) groups is 1. The molecule has 6 nitrogen and oxygen atoms in total. The van der Waals surface area contributed by atoms with Crippen molar-refractivity contribution < 1.29 is 13.2 Å². The van der Waals surface area contributed by atoms with Crippen LogP contribution in [0, 0.1) is 0 Å². The Morgan fingerprint density at radius 3 is 2.71 bits per heavy atom. The first-order valence-corrected chi connectivity index (χ1v) is 8.51. The number of nitrogen functional groups attached to an aromatic ring is 1. The van der Waals surface area contributed by atoms with Crippen LogP contribution in [0.4, 0.5) is 5.69 Å². The first-order valence-electron chi connectivity index (χ1n) is 7.07. The van der Waals surface area contributed by atoms with Gasteiger partial charge < -0.3 is 11.5 Å². The highest BCUT2D eigenvalue weighted by molar-refractivity contribution is 7.89. The number of nitrogens with two attached hydrogens (primary N) is 2. The van der Waals surface area contributed by atoms with Crippen LogP contribution in [0.3, 0.4) is 0 Å². The number of rotatable bonds is 4. The van der Waals surface area contributed by atoms with Crippen LogP contribution < -0.4 is 11.5 Å². The molecule has 0 aliphatic carbocycles. The topological polar surface area (TPSA) is 106 Å². The van der Waals surface area contributed by atoms with Crippen LogP contribution in [-0.2, 0) is 21.2 Å². The van der Waals surface area contributed by atoms with Gasteiger partial charge in [0, 0.05) is 12.2 Å². The Labute approximate surface area is 125 Å². The van der Waals surface area contributed by atoms with Crippen molar-refractivity contribution in [2.75, 3.05) is 12.3 Å². The SMILES string of the molecule is CCc1ccc(N)cc1S(=O)(=O)N1CCCCC1C(N)=O. The third-order valence-electron chi connectivity index (χ3n) is 3.84. The first-order chi connectivity index (χ1) is 9.87. The van der Waals surface area contributed by atoms with Gasteiger partial charge in [0.15, 0.2) is 0 Å². The minimum absolute atomic E-state index is 0.179. The Balaban J connectivity index is 2.50. The van der Waals surface area contributed by atoms with Gasteiger partial charge in [-0.25, -0.2) is 8.42 Å². The quantitative estimate of drug-likeness (QED) is 0.804. The Morgan fingerprint density at radius 2 is 2.10 bits per heavy atom. The van der Waals surface area contributed by atoms with Crippen LogP contribution in [0.25, 0.3) is 0 Å². The molecule has 0 bridgehead atoms. The van der Waals surface area contributed by atoms with Gasteiger partial charge in [0.05, 0.1) is 4.90 Å². The predicted octanol–water partition coefficient (Wildman–Crippen LogP) is 0.860. The van der Waals surface area contributed by atoms with E-state index in [4.69, 9.17) is 11.5 Å². The molecule has 1 aromatic rings. The fourth-order valence-corrected chi connectivity index (χ4v) is 4.70. The van der Waals surface area contributed by atoms with E-state index in [1.807, 2.05) is 6.92 Å². The van der Waals surface area contributed by atoms with Crippen LogP contribution in [0.15, 0.2) is 23.1 Å². The molecule has 1 fully saturated rings. The lowest BCUT2D eigenvalue weighted by molar-refractivity contribution is -0.122. The molecule has 7 heteroatoms. The zero-order valence-corrected chi connectivity index (χ0v) is 12.9. The summed E-state index contributed by atoms with van der Waals surface area (Å²) < 4.78 is 27.0. The zero-order chi connectivity index (χ0) is 15.6. The van der Waals surface area contributed by atoms with Gasteiger partial charge in [-0.2, -0.15) is 4.31 Å². The standard InChI is InChI=1S/C14H21N3O3S/c1-2-10-6-7-11(15)9-13(10)21(19,20)17-8-4-3-5-12(17)14(16)18/h6-7,9,12H,2-5,8,15H2,1H3,(H2,16,18). The highest BCUT2D eigenvalue weighted by Gasteiger charge is 2.37. The van der Waals surface area contributed by atoms with Gasteiger partial charge in [-0.05, 0) is 37.0 Å². The van der Waals surface area contributed by atoms with E-state index in [0.717, 1.165) is 12.8 Å². The summed E-state index contributed by atoms with van der Waals surface area (Å²) in [6.07, 6.45) is 2.58. The Kier molecular flexibility index (Phi) is 4.53. The number of amides is 1. The molecular formula is C14H21N3O3S. The summed E-state index contributed by atoms with van der Waals surface area (Å²) in [5.41, 5.74) is 12.2. The van der Waals surface area contributed by atoms with Gasteiger partial charge in [-0.1, -0.05) is 19.4 Å². The molecule has 1 aliphatic heterocycles. The maximum Gasteiger partial charge on any atom is 0.244 e. The van der Waals surface area contributed by atoms with Crippen LogP contribution in [0.5, 0.6) is 0 Å². The molecule has 1 atom stereocenters. The molecule has 1 aromatic carbocycles. The lowest BCUT2D eigenvalue weighted by Crippen LogP contribution is -2.50. The second-order valence-corrected chi connectivity index (χ2v) is 7.11. The average molecular weight is 311 g/mol. The van der Waals surface area contributed by atoms with Crippen LogP contribution >= 0.6 is 0 Å². The lowest BCUT2D eigenvalue weighted by Gasteiger charge is -2.33. The summed E-state index contributed by atoms with van der Waals surface area (Å²) in [5.74, 6) is -0.597. The molecule has 21 heavy (non-hydrogen) atoms. The maximum atomic E-state index is 12.9. The van der Waals surface area contributed by atoms with Gasteiger partial charge in [0.1, 0.15) is 6.04 Å². The monoisotopic (exact) mass is 311 g/mol. The molecule has 116 valence electrons. The zero-order valence-electron chi connectivity index (χ0n) is 12.1. The van der Waals surface area contributed by atoms with E-state index >= 15 is 0 Å². The van der Waals surface area contributed by atoms with Crippen molar-refractivity contribution in [1.82, 2.24) is 4.31 Å². The van der Waals surface area contributed by atoms with Gasteiger partial charge in [0.2, 0.25) is 15.9 Å².